The molecule has 0 saturated heterocycles. The second kappa shape index (κ2) is 9.88. The number of hydrogen-bond donors (Lipinski definition) is 1. The highest BCUT2D eigenvalue weighted by molar-refractivity contribution is 6.30. The van der Waals surface area contributed by atoms with E-state index < -0.39 is 0 Å². The maximum Gasteiger partial charge on any atom is 0.248 e. The van der Waals surface area contributed by atoms with Crippen molar-refractivity contribution >= 4 is 29.3 Å². The molecule has 0 bridgehead atoms. The van der Waals surface area contributed by atoms with Crippen LogP contribution in [0.3, 0.4) is 0 Å². The summed E-state index contributed by atoms with van der Waals surface area (Å²) in [5, 5.41) is 3.40. The van der Waals surface area contributed by atoms with Gasteiger partial charge in [0.2, 0.25) is 5.91 Å². The van der Waals surface area contributed by atoms with Crippen molar-refractivity contribution in [3.05, 3.63) is 59.1 Å². The molecule has 0 spiro atoms. The van der Waals surface area contributed by atoms with Crippen molar-refractivity contribution in [1.29, 1.82) is 0 Å². The minimum Gasteiger partial charge on any atom is -0.493 e. The van der Waals surface area contributed by atoms with Gasteiger partial charge in [0, 0.05) is 16.8 Å². The summed E-state index contributed by atoms with van der Waals surface area (Å²) in [4.78, 5) is 12.0. The lowest BCUT2D eigenvalue weighted by molar-refractivity contribution is -0.111. The summed E-state index contributed by atoms with van der Waals surface area (Å²) >= 11 is 5.83. The quantitative estimate of drug-likeness (QED) is 0.628. The van der Waals surface area contributed by atoms with Crippen LogP contribution in [0.25, 0.3) is 6.08 Å². The van der Waals surface area contributed by atoms with Gasteiger partial charge in [-0.2, -0.15) is 0 Å². The molecule has 0 aliphatic heterocycles. The Morgan fingerprint density at radius 1 is 1.15 bits per heavy atom. The van der Waals surface area contributed by atoms with Crippen LogP contribution in [0.15, 0.2) is 48.5 Å². The highest BCUT2D eigenvalue weighted by Crippen LogP contribution is 2.29. The lowest BCUT2D eigenvalue weighted by Gasteiger charge is -2.12. The molecular weight excluding hydrogens is 350 g/mol. The first-order valence-corrected chi connectivity index (χ1v) is 8.91. The zero-order valence-corrected chi connectivity index (χ0v) is 16.0. The van der Waals surface area contributed by atoms with Crippen LogP contribution in [-0.4, -0.2) is 19.6 Å². The summed E-state index contributed by atoms with van der Waals surface area (Å²) in [6, 6.07) is 12.5. The molecule has 1 amide bonds. The summed E-state index contributed by atoms with van der Waals surface area (Å²) < 4.78 is 11.2. The minimum absolute atomic E-state index is 0.219. The van der Waals surface area contributed by atoms with E-state index in [1.165, 1.54) is 6.08 Å². The Hall–Kier alpha value is -2.46. The summed E-state index contributed by atoms with van der Waals surface area (Å²) in [7, 11) is 1.60. The van der Waals surface area contributed by atoms with Gasteiger partial charge in [0.25, 0.3) is 0 Å². The van der Waals surface area contributed by atoms with Crippen LogP contribution >= 0.6 is 11.6 Å². The van der Waals surface area contributed by atoms with Gasteiger partial charge in [0.05, 0.1) is 13.7 Å². The largest absolute Gasteiger partial charge is 0.493 e. The van der Waals surface area contributed by atoms with E-state index in [2.05, 4.69) is 19.2 Å². The van der Waals surface area contributed by atoms with Gasteiger partial charge >= 0.3 is 0 Å². The zero-order valence-electron chi connectivity index (χ0n) is 15.3. The lowest BCUT2D eigenvalue weighted by atomic mass is 10.1. The summed E-state index contributed by atoms with van der Waals surface area (Å²) in [6.07, 6.45) is 4.18. The van der Waals surface area contributed by atoms with Crippen LogP contribution in [0, 0.1) is 5.92 Å². The molecule has 1 N–H and O–H groups in total. The first-order chi connectivity index (χ1) is 12.5. The Bertz CT molecular complexity index is 754. The topological polar surface area (TPSA) is 47.6 Å². The number of anilines is 1. The molecule has 26 heavy (non-hydrogen) atoms. The second-order valence-electron chi connectivity index (χ2n) is 6.27. The molecule has 0 heterocycles. The van der Waals surface area contributed by atoms with E-state index in [-0.39, 0.29) is 5.91 Å². The first kappa shape index (κ1) is 19.9. The van der Waals surface area contributed by atoms with Crippen LogP contribution in [0.2, 0.25) is 5.02 Å². The van der Waals surface area contributed by atoms with E-state index in [9.17, 15) is 4.79 Å². The average molecular weight is 374 g/mol. The summed E-state index contributed by atoms with van der Waals surface area (Å²) in [6.45, 7) is 4.96. The van der Waals surface area contributed by atoms with Crippen molar-refractivity contribution in [3.8, 4) is 11.5 Å². The first-order valence-electron chi connectivity index (χ1n) is 8.53. The Balaban J connectivity index is 1.98. The van der Waals surface area contributed by atoms with E-state index in [0.29, 0.717) is 34.7 Å². The number of amides is 1. The minimum atomic E-state index is -0.219. The number of nitrogens with one attached hydrogen (secondary N) is 1. The number of carbonyl (C=O) groups excluding carboxylic acids is 1. The van der Waals surface area contributed by atoms with Crippen molar-refractivity contribution in [3.63, 3.8) is 0 Å². The second-order valence-corrected chi connectivity index (χ2v) is 6.71. The van der Waals surface area contributed by atoms with Crippen molar-refractivity contribution in [1.82, 2.24) is 0 Å². The normalized spacial score (nSPS) is 11.0. The van der Waals surface area contributed by atoms with E-state index in [0.717, 1.165) is 12.0 Å². The van der Waals surface area contributed by atoms with Gasteiger partial charge in [-0.15, -0.1) is 0 Å². The number of benzene rings is 2. The van der Waals surface area contributed by atoms with Crippen molar-refractivity contribution in [2.45, 2.75) is 20.3 Å². The van der Waals surface area contributed by atoms with Gasteiger partial charge in [-0.25, -0.2) is 0 Å². The lowest BCUT2D eigenvalue weighted by Crippen LogP contribution is -2.07. The van der Waals surface area contributed by atoms with E-state index >= 15 is 0 Å². The third kappa shape index (κ3) is 6.45. The molecule has 5 heteroatoms. The molecule has 0 aromatic heterocycles. The molecule has 2 aromatic carbocycles. The number of ether oxygens (including phenoxy) is 2. The highest BCUT2D eigenvalue weighted by atomic mass is 35.5. The standard InChI is InChI=1S/C21H24ClNO3/c1-15(2)12-13-26-19-10-4-16(14-20(19)25-3)5-11-21(24)23-18-8-6-17(22)7-9-18/h4-11,14-15H,12-13H2,1-3H3,(H,23,24)/b11-5+. The van der Waals surface area contributed by atoms with Gasteiger partial charge < -0.3 is 14.8 Å². The number of halogens is 1. The zero-order chi connectivity index (χ0) is 18.9. The Labute approximate surface area is 159 Å². The van der Waals surface area contributed by atoms with Crippen molar-refractivity contribution in [2.75, 3.05) is 19.0 Å². The van der Waals surface area contributed by atoms with Crippen molar-refractivity contribution in [2.24, 2.45) is 5.92 Å². The Morgan fingerprint density at radius 2 is 1.88 bits per heavy atom. The van der Waals surface area contributed by atoms with Gasteiger partial charge in [-0.1, -0.05) is 31.5 Å². The summed E-state index contributed by atoms with van der Waals surface area (Å²) in [5.74, 6) is 1.72. The van der Waals surface area contributed by atoms with E-state index in [1.807, 2.05) is 18.2 Å². The molecule has 0 atom stereocenters. The highest BCUT2D eigenvalue weighted by Gasteiger charge is 2.06. The van der Waals surface area contributed by atoms with Crippen LogP contribution in [-0.2, 0) is 4.79 Å². The van der Waals surface area contributed by atoms with Crippen LogP contribution in [0.5, 0.6) is 11.5 Å². The maximum absolute atomic E-state index is 12.0. The van der Waals surface area contributed by atoms with Gasteiger partial charge in [0.1, 0.15) is 0 Å². The molecule has 0 aliphatic carbocycles. The molecule has 0 radical (unpaired) electrons. The Morgan fingerprint density at radius 3 is 2.54 bits per heavy atom. The van der Waals surface area contributed by atoms with Crippen LogP contribution < -0.4 is 14.8 Å². The SMILES string of the molecule is COc1cc(/C=C/C(=O)Nc2ccc(Cl)cc2)ccc1OCCC(C)C. The number of carbonyl (C=O) groups is 1. The van der Waals surface area contributed by atoms with Crippen molar-refractivity contribution < 1.29 is 14.3 Å². The number of rotatable bonds is 8. The number of hydrogen-bond acceptors (Lipinski definition) is 3. The van der Waals surface area contributed by atoms with Crippen LogP contribution in [0.1, 0.15) is 25.8 Å². The maximum atomic E-state index is 12.0. The predicted octanol–water partition coefficient (Wildman–Crippen LogP) is 5.43. The molecule has 138 valence electrons. The number of methoxy groups -OCH3 is 1. The molecule has 2 rings (SSSR count). The smallest absolute Gasteiger partial charge is 0.248 e. The molecule has 0 saturated carbocycles. The van der Waals surface area contributed by atoms with Gasteiger partial charge in [-0.05, 0) is 60.4 Å². The molecule has 2 aromatic rings. The van der Waals surface area contributed by atoms with Gasteiger partial charge in [0.15, 0.2) is 11.5 Å². The molecule has 4 nitrogen and oxygen atoms in total. The fraction of sp³-hybridized carbons (Fsp3) is 0.286. The fourth-order valence-electron chi connectivity index (χ4n) is 2.20. The molecule has 0 aliphatic rings. The Kier molecular flexibility index (Phi) is 7.54. The molecule has 0 unspecified atom stereocenters. The third-order valence-corrected chi connectivity index (χ3v) is 3.93. The molecular formula is C21H24ClNO3. The average Bonchev–Trinajstić information content (AvgIpc) is 2.62. The fourth-order valence-corrected chi connectivity index (χ4v) is 2.33. The summed E-state index contributed by atoms with van der Waals surface area (Å²) in [5.41, 5.74) is 1.54. The third-order valence-electron chi connectivity index (χ3n) is 3.68. The monoisotopic (exact) mass is 373 g/mol. The van der Waals surface area contributed by atoms with Crippen LogP contribution in [0.4, 0.5) is 5.69 Å². The van der Waals surface area contributed by atoms with E-state index in [4.69, 9.17) is 21.1 Å². The van der Waals surface area contributed by atoms with E-state index in [1.54, 1.807) is 37.5 Å². The predicted molar refractivity (Wildman–Crippen MR) is 107 cm³/mol. The molecule has 0 fully saturated rings. The van der Waals surface area contributed by atoms with Gasteiger partial charge in [-0.3, -0.25) is 4.79 Å².